The zero-order valence-corrected chi connectivity index (χ0v) is 41.0. The lowest BCUT2D eigenvalue weighted by molar-refractivity contribution is -0.146. The first kappa shape index (κ1) is 58.4. The van der Waals surface area contributed by atoms with Crippen molar-refractivity contribution in [2.75, 3.05) is 91.9 Å². The van der Waals surface area contributed by atoms with Crippen LogP contribution in [0.1, 0.15) is 190 Å². The van der Waals surface area contributed by atoms with Crippen LogP contribution in [0.3, 0.4) is 0 Å². The molecule has 0 radical (unpaired) electrons. The highest BCUT2D eigenvalue weighted by Gasteiger charge is 2.21. The van der Waals surface area contributed by atoms with Crippen LogP contribution in [0.4, 0.5) is 9.59 Å². The van der Waals surface area contributed by atoms with E-state index < -0.39 is 12.2 Å². The first-order valence-corrected chi connectivity index (χ1v) is 25.2. The molecule has 360 valence electrons. The number of rotatable bonds is 42. The molecule has 12 nitrogen and oxygen atoms in total. The Balaban J connectivity index is 5.17. The summed E-state index contributed by atoms with van der Waals surface area (Å²) in [5, 5.41) is 0. The maximum absolute atomic E-state index is 13.2. The maximum atomic E-state index is 13.2. The molecular weight excluding hydrogens is 773 g/mol. The maximum Gasteiger partial charge on any atom is 0.409 e. The molecule has 0 aromatic carbocycles. The normalized spacial score (nSPS) is 11.5. The second-order valence-corrected chi connectivity index (χ2v) is 17.0. The third-order valence-corrected chi connectivity index (χ3v) is 11.6. The molecule has 0 aliphatic rings. The van der Waals surface area contributed by atoms with E-state index in [1.807, 2.05) is 13.8 Å². The number of carbonyl (C=O) groups excluding carboxylic acids is 4. The van der Waals surface area contributed by atoms with E-state index in [1.54, 1.807) is 9.80 Å². The first-order chi connectivity index (χ1) is 29.6. The van der Waals surface area contributed by atoms with Crippen molar-refractivity contribution in [2.45, 2.75) is 190 Å². The minimum atomic E-state index is -0.432. The summed E-state index contributed by atoms with van der Waals surface area (Å²) < 4.78 is 23.0. The molecule has 0 rings (SSSR count). The molecule has 0 saturated carbocycles. The van der Waals surface area contributed by atoms with E-state index in [0.29, 0.717) is 51.2 Å². The summed E-state index contributed by atoms with van der Waals surface area (Å²) in [5.74, 6) is 0.253. The molecule has 0 unspecified atom stereocenters. The Morgan fingerprint density at radius 3 is 1.07 bits per heavy atom. The fraction of sp³-hybridized carbons (Fsp3) is 0.918. The molecule has 0 atom stereocenters. The van der Waals surface area contributed by atoms with Gasteiger partial charge >= 0.3 is 24.1 Å². The van der Waals surface area contributed by atoms with Crippen LogP contribution in [0, 0.1) is 11.8 Å². The van der Waals surface area contributed by atoms with Crippen molar-refractivity contribution < 1.29 is 38.1 Å². The molecule has 0 aromatic rings. The highest BCUT2D eigenvalue weighted by molar-refractivity contribution is 5.72. The van der Waals surface area contributed by atoms with E-state index in [0.717, 1.165) is 96.8 Å². The van der Waals surface area contributed by atoms with E-state index in [2.05, 4.69) is 51.3 Å². The molecule has 0 N–H and O–H groups in total. The molecule has 0 aliphatic heterocycles. The number of carbonyl (C=O) groups is 4. The highest BCUT2D eigenvalue weighted by Crippen LogP contribution is 2.20. The van der Waals surface area contributed by atoms with Crippen molar-refractivity contribution in [1.29, 1.82) is 0 Å². The van der Waals surface area contributed by atoms with Gasteiger partial charge in [-0.2, -0.15) is 0 Å². The number of nitrogens with zero attached hydrogens (tertiary/aromatic N) is 4. The van der Waals surface area contributed by atoms with Crippen LogP contribution < -0.4 is 0 Å². The fourth-order valence-corrected chi connectivity index (χ4v) is 7.60. The molecule has 0 heterocycles. The van der Waals surface area contributed by atoms with Crippen LogP contribution in [0.25, 0.3) is 0 Å². The average Bonchev–Trinajstić information content (AvgIpc) is 3.25. The third kappa shape index (κ3) is 32.7. The van der Waals surface area contributed by atoms with Crippen molar-refractivity contribution in [1.82, 2.24) is 19.6 Å². The standard InChI is InChI=1S/C49H96N4O8/c1-9-17-21-26-44(27-22-18-10-2)42-60-46(54)30-36-52(32-13-5)48(56)58-40-38-51(35-25-34-50(15-7)16-8)39-41-59-49(57)53(33-14-6)37-31-47(55)61-43-45(28-23-19-11-3)29-24-20-12-4/h44-45H,9-43H2,1-8H3. The summed E-state index contributed by atoms with van der Waals surface area (Å²) in [7, 11) is 0. The van der Waals surface area contributed by atoms with Crippen LogP contribution in [0.15, 0.2) is 0 Å². The first-order valence-electron chi connectivity index (χ1n) is 25.2. The van der Waals surface area contributed by atoms with Crippen LogP contribution >= 0.6 is 0 Å². The molecule has 2 amide bonds. The summed E-state index contributed by atoms with van der Waals surface area (Å²) in [4.78, 5) is 59.7. The molecule has 0 spiro atoms. The Morgan fingerprint density at radius 2 is 0.738 bits per heavy atom. The van der Waals surface area contributed by atoms with Gasteiger partial charge in [-0.25, -0.2) is 9.59 Å². The number of unbranched alkanes of at least 4 members (excludes halogenated alkanes) is 8. The van der Waals surface area contributed by atoms with Crippen molar-refractivity contribution in [3.05, 3.63) is 0 Å². The van der Waals surface area contributed by atoms with E-state index in [9.17, 15) is 19.2 Å². The van der Waals surface area contributed by atoms with Gasteiger partial charge in [0.25, 0.3) is 0 Å². The van der Waals surface area contributed by atoms with Gasteiger partial charge in [-0.1, -0.05) is 132 Å². The van der Waals surface area contributed by atoms with Crippen molar-refractivity contribution in [3.8, 4) is 0 Å². The Labute approximate surface area is 374 Å². The summed E-state index contributed by atoms with van der Waals surface area (Å²) in [6.07, 6.45) is 20.3. The van der Waals surface area contributed by atoms with Crippen LogP contribution in [-0.2, 0) is 28.5 Å². The monoisotopic (exact) mass is 869 g/mol. The lowest BCUT2D eigenvalue weighted by atomic mass is 9.96. The van der Waals surface area contributed by atoms with Gasteiger partial charge in [0.05, 0.1) is 26.1 Å². The summed E-state index contributed by atoms with van der Waals surface area (Å²) >= 11 is 0. The van der Waals surface area contributed by atoms with E-state index in [-0.39, 0.29) is 51.1 Å². The Morgan fingerprint density at radius 1 is 0.377 bits per heavy atom. The Hall–Kier alpha value is -2.60. The second-order valence-electron chi connectivity index (χ2n) is 17.0. The molecule has 0 aliphatic carbocycles. The van der Waals surface area contributed by atoms with Crippen LogP contribution in [0.2, 0.25) is 0 Å². The van der Waals surface area contributed by atoms with E-state index in [4.69, 9.17) is 18.9 Å². The predicted molar refractivity (Wildman–Crippen MR) is 250 cm³/mol. The van der Waals surface area contributed by atoms with Gasteiger partial charge in [-0.3, -0.25) is 14.5 Å². The molecular formula is C49H96N4O8. The molecule has 0 bridgehead atoms. The zero-order chi connectivity index (χ0) is 45.4. The molecule has 12 heteroatoms. The summed E-state index contributed by atoms with van der Waals surface area (Å²) in [6.45, 7) is 24.6. The predicted octanol–water partition coefficient (Wildman–Crippen LogP) is 11.1. The minimum absolute atomic E-state index is 0.142. The van der Waals surface area contributed by atoms with Crippen molar-refractivity contribution >= 4 is 24.1 Å². The van der Waals surface area contributed by atoms with Gasteiger partial charge in [-0.15, -0.1) is 0 Å². The second kappa shape index (κ2) is 41.4. The molecule has 61 heavy (non-hydrogen) atoms. The van der Waals surface area contributed by atoms with Crippen molar-refractivity contribution in [2.24, 2.45) is 11.8 Å². The lowest BCUT2D eigenvalue weighted by Gasteiger charge is -2.26. The van der Waals surface area contributed by atoms with Gasteiger partial charge in [0.2, 0.25) is 0 Å². The number of ether oxygens (including phenoxy) is 4. The molecule has 0 aromatic heterocycles. The Bertz CT molecular complexity index is 970. The molecule has 0 saturated heterocycles. The topological polar surface area (TPSA) is 118 Å². The van der Waals surface area contributed by atoms with Gasteiger partial charge in [0, 0.05) is 39.3 Å². The zero-order valence-electron chi connectivity index (χ0n) is 41.0. The number of amides is 2. The smallest absolute Gasteiger partial charge is 0.409 e. The van der Waals surface area contributed by atoms with Gasteiger partial charge < -0.3 is 33.6 Å². The number of hydrogen-bond acceptors (Lipinski definition) is 10. The van der Waals surface area contributed by atoms with Gasteiger partial charge in [0.15, 0.2) is 0 Å². The van der Waals surface area contributed by atoms with Gasteiger partial charge in [-0.05, 0) is 83.0 Å². The summed E-state index contributed by atoms with van der Waals surface area (Å²) in [6, 6.07) is 0. The van der Waals surface area contributed by atoms with E-state index >= 15 is 0 Å². The highest BCUT2D eigenvalue weighted by atomic mass is 16.6. The van der Waals surface area contributed by atoms with Crippen LogP contribution in [-0.4, -0.2) is 136 Å². The Kier molecular flexibility index (Phi) is 39.6. The minimum Gasteiger partial charge on any atom is -0.465 e. The third-order valence-electron chi connectivity index (χ3n) is 11.6. The number of hydrogen-bond donors (Lipinski definition) is 0. The largest absolute Gasteiger partial charge is 0.465 e. The van der Waals surface area contributed by atoms with Gasteiger partial charge in [0.1, 0.15) is 13.2 Å². The molecule has 0 fully saturated rings. The van der Waals surface area contributed by atoms with E-state index in [1.165, 1.54) is 51.4 Å². The fourth-order valence-electron chi connectivity index (χ4n) is 7.60. The van der Waals surface area contributed by atoms with Crippen molar-refractivity contribution in [3.63, 3.8) is 0 Å². The SMILES string of the molecule is CCCCCC(CCCCC)COC(=O)CCN(CCC)C(=O)OCCN(CCCN(CC)CC)CCOC(=O)N(CCC)CCC(=O)OCC(CCCCC)CCCCC. The average molecular weight is 869 g/mol. The lowest BCUT2D eigenvalue weighted by Crippen LogP contribution is -2.39. The number of esters is 2. The van der Waals surface area contributed by atoms with Crippen LogP contribution in [0.5, 0.6) is 0 Å². The summed E-state index contributed by atoms with van der Waals surface area (Å²) in [5.41, 5.74) is 0. The quantitative estimate of drug-likeness (QED) is 0.0333.